The molecule has 0 radical (unpaired) electrons. The van der Waals surface area contributed by atoms with Crippen LogP contribution < -0.4 is 4.74 Å². The summed E-state index contributed by atoms with van der Waals surface area (Å²) in [6.07, 6.45) is 0. The minimum absolute atomic E-state index is 0.0105. The highest BCUT2D eigenvalue weighted by atomic mass is 32.1. The maximum atomic E-state index is 13.3. The summed E-state index contributed by atoms with van der Waals surface area (Å²) < 4.78 is 16.5. The average molecular weight is 439 g/mol. The third-order valence-electron chi connectivity index (χ3n) is 5.51. The lowest BCUT2D eigenvalue weighted by Crippen LogP contribution is -2.48. The molecule has 5 rings (SSSR count). The number of carbonyl (C=O) groups excluding carboxylic acids is 1. The number of furan rings is 1. The second-order valence-corrected chi connectivity index (χ2v) is 8.40. The van der Waals surface area contributed by atoms with Crippen molar-refractivity contribution in [3.63, 3.8) is 0 Å². The molecule has 1 fully saturated rings. The van der Waals surface area contributed by atoms with Crippen LogP contribution in [0.4, 0.5) is 0 Å². The standard InChI is InChI=1S/C22H22N4O4S/c1-14-20(16-12-15(28-2)5-6-17(16)29-14)22(27)26-9-7-25(8-10-26)13-19-23-21(30-24-19)18-4-3-11-31-18/h3-6,11-12H,7-10,13H2,1-2H3. The Balaban J connectivity index is 1.25. The van der Waals surface area contributed by atoms with Gasteiger partial charge in [-0.05, 0) is 36.6 Å². The van der Waals surface area contributed by atoms with Gasteiger partial charge in [0.2, 0.25) is 0 Å². The van der Waals surface area contributed by atoms with Gasteiger partial charge in [0.25, 0.3) is 11.8 Å². The van der Waals surface area contributed by atoms with Gasteiger partial charge in [-0.15, -0.1) is 11.3 Å². The van der Waals surface area contributed by atoms with Crippen molar-refractivity contribution < 1.29 is 18.5 Å². The number of benzene rings is 1. The molecule has 1 amide bonds. The average Bonchev–Trinajstić information content (AvgIpc) is 3.53. The first-order valence-corrected chi connectivity index (χ1v) is 11.0. The minimum atomic E-state index is -0.0105. The smallest absolute Gasteiger partial charge is 0.268 e. The molecule has 0 spiro atoms. The molecule has 0 unspecified atom stereocenters. The Hall–Kier alpha value is -3.17. The molecule has 1 saturated heterocycles. The SMILES string of the molecule is COc1ccc2oc(C)c(C(=O)N3CCN(Cc4noc(-c5cccs5)n4)CC3)c2c1. The van der Waals surface area contributed by atoms with Crippen LogP contribution in [0.25, 0.3) is 21.7 Å². The van der Waals surface area contributed by atoms with E-state index >= 15 is 0 Å². The molecule has 1 aliphatic heterocycles. The zero-order chi connectivity index (χ0) is 21.4. The molecule has 0 atom stereocenters. The minimum Gasteiger partial charge on any atom is -0.497 e. The first kappa shape index (κ1) is 19.8. The molecule has 0 N–H and O–H groups in total. The zero-order valence-corrected chi connectivity index (χ0v) is 18.1. The highest BCUT2D eigenvalue weighted by molar-refractivity contribution is 7.13. The van der Waals surface area contributed by atoms with Gasteiger partial charge >= 0.3 is 0 Å². The van der Waals surface area contributed by atoms with Gasteiger partial charge in [-0.25, -0.2) is 0 Å². The van der Waals surface area contributed by atoms with Gasteiger partial charge in [0.05, 0.1) is 24.1 Å². The number of carbonyl (C=O) groups is 1. The van der Waals surface area contributed by atoms with E-state index in [1.54, 1.807) is 18.4 Å². The zero-order valence-electron chi connectivity index (χ0n) is 17.3. The summed E-state index contributed by atoms with van der Waals surface area (Å²) in [5.41, 5.74) is 1.31. The van der Waals surface area contributed by atoms with Crippen molar-refractivity contribution in [2.24, 2.45) is 0 Å². The molecule has 4 aromatic rings. The molecule has 1 aromatic carbocycles. The Morgan fingerprint density at radius 3 is 2.81 bits per heavy atom. The van der Waals surface area contributed by atoms with Gasteiger partial charge < -0.3 is 18.6 Å². The van der Waals surface area contributed by atoms with Crippen molar-refractivity contribution in [3.05, 3.63) is 52.9 Å². The fourth-order valence-electron chi connectivity index (χ4n) is 3.88. The highest BCUT2D eigenvalue weighted by Crippen LogP contribution is 2.30. The summed E-state index contributed by atoms with van der Waals surface area (Å²) in [6.45, 7) is 5.17. The number of fused-ring (bicyclic) bond motifs is 1. The van der Waals surface area contributed by atoms with Crippen LogP contribution in [-0.4, -0.2) is 59.1 Å². The molecule has 8 nitrogen and oxygen atoms in total. The summed E-state index contributed by atoms with van der Waals surface area (Å²) in [5, 5.41) is 6.87. The van der Waals surface area contributed by atoms with E-state index in [1.165, 1.54) is 0 Å². The number of nitrogens with zero attached hydrogens (tertiary/aromatic N) is 4. The van der Waals surface area contributed by atoms with E-state index < -0.39 is 0 Å². The summed E-state index contributed by atoms with van der Waals surface area (Å²) in [5.74, 6) is 2.53. The Morgan fingerprint density at radius 1 is 1.23 bits per heavy atom. The maximum Gasteiger partial charge on any atom is 0.268 e. The third-order valence-corrected chi connectivity index (χ3v) is 6.37. The lowest BCUT2D eigenvalue weighted by molar-refractivity contribution is 0.0624. The number of hydrogen-bond donors (Lipinski definition) is 0. The molecule has 160 valence electrons. The van der Waals surface area contributed by atoms with Crippen LogP contribution in [0, 0.1) is 6.92 Å². The number of thiophene rings is 1. The number of aryl methyl sites for hydroxylation is 1. The fraction of sp³-hybridized carbons (Fsp3) is 0.318. The van der Waals surface area contributed by atoms with E-state index in [0.717, 1.165) is 23.4 Å². The molecule has 0 bridgehead atoms. The van der Waals surface area contributed by atoms with Crippen LogP contribution in [0.5, 0.6) is 5.75 Å². The Kier molecular flexibility index (Phi) is 5.21. The lowest BCUT2D eigenvalue weighted by Gasteiger charge is -2.34. The van der Waals surface area contributed by atoms with Crippen LogP contribution in [-0.2, 0) is 6.54 Å². The molecule has 4 heterocycles. The van der Waals surface area contributed by atoms with Crippen LogP contribution in [0.2, 0.25) is 0 Å². The predicted octanol–water partition coefficient (Wildman–Crippen LogP) is 3.82. The van der Waals surface area contributed by atoms with Gasteiger partial charge in [-0.1, -0.05) is 11.2 Å². The number of ether oxygens (including phenoxy) is 1. The van der Waals surface area contributed by atoms with E-state index in [-0.39, 0.29) is 5.91 Å². The van der Waals surface area contributed by atoms with E-state index in [0.29, 0.717) is 54.0 Å². The molecular weight excluding hydrogens is 416 g/mol. The molecule has 31 heavy (non-hydrogen) atoms. The van der Waals surface area contributed by atoms with Gasteiger partial charge in [-0.2, -0.15) is 4.98 Å². The van der Waals surface area contributed by atoms with Crippen molar-refractivity contribution in [3.8, 4) is 16.5 Å². The number of amides is 1. The molecule has 0 aliphatic carbocycles. The van der Waals surface area contributed by atoms with Crippen LogP contribution in [0.15, 0.2) is 44.7 Å². The third kappa shape index (κ3) is 3.82. The van der Waals surface area contributed by atoms with Crippen molar-refractivity contribution in [1.82, 2.24) is 19.9 Å². The van der Waals surface area contributed by atoms with Crippen LogP contribution in [0.3, 0.4) is 0 Å². The van der Waals surface area contributed by atoms with Gasteiger partial charge in [0.1, 0.15) is 17.1 Å². The largest absolute Gasteiger partial charge is 0.497 e. The second-order valence-electron chi connectivity index (χ2n) is 7.46. The predicted molar refractivity (Wildman–Crippen MR) is 116 cm³/mol. The summed E-state index contributed by atoms with van der Waals surface area (Å²) in [6, 6.07) is 9.45. The molecular formula is C22H22N4O4S. The van der Waals surface area contributed by atoms with Crippen molar-refractivity contribution in [2.45, 2.75) is 13.5 Å². The summed E-state index contributed by atoms with van der Waals surface area (Å²) in [4.78, 5) is 22.8. The van der Waals surface area contributed by atoms with Gasteiger partial charge in [0, 0.05) is 31.6 Å². The summed E-state index contributed by atoms with van der Waals surface area (Å²) >= 11 is 1.57. The number of aromatic nitrogens is 2. The molecule has 1 aliphatic rings. The van der Waals surface area contributed by atoms with Gasteiger partial charge in [0.15, 0.2) is 5.82 Å². The van der Waals surface area contributed by atoms with Gasteiger partial charge in [-0.3, -0.25) is 9.69 Å². The second kappa shape index (κ2) is 8.16. The van der Waals surface area contributed by atoms with Crippen molar-refractivity contribution in [2.75, 3.05) is 33.3 Å². The Bertz CT molecular complexity index is 1210. The van der Waals surface area contributed by atoms with E-state index in [1.807, 2.05) is 47.5 Å². The number of methoxy groups -OCH3 is 1. The lowest BCUT2D eigenvalue weighted by atomic mass is 10.1. The van der Waals surface area contributed by atoms with Crippen molar-refractivity contribution >= 4 is 28.2 Å². The van der Waals surface area contributed by atoms with Crippen molar-refractivity contribution in [1.29, 1.82) is 0 Å². The van der Waals surface area contributed by atoms with E-state index in [4.69, 9.17) is 13.7 Å². The molecule has 9 heteroatoms. The quantitative estimate of drug-likeness (QED) is 0.468. The fourth-order valence-corrected chi connectivity index (χ4v) is 4.52. The summed E-state index contributed by atoms with van der Waals surface area (Å²) in [7, 11) is 1.61. The number of rotatable bonds is 5. The number of hydrogen-bond acceptors (Lipinski definition) is 8. The topological polar surface area (TPSA) is 84.8 Å². The Labute approximate surface area is 183 Å². The van der Waals surface area contributed by atoms with E-state index in [9.17, 15) is 4.79 Å². The normalized spacial score (nSPS) is 15.0. The van der Waals surface area contributed by atoms with Crippen LogP contribution >= 0.6 is 11.3 Å². The molecule has 3 aromatic heterocycles. The first-order chi connectivity index (χ1) is 15.1. The van der Waals surface area contributed by atoms with E-state index in [2.05, 4.69) is 15.0 Å². The number of piperazine rings is 1. The highest BCUT2D eigenvalue weighted by Gasteiger charge is 2.27. The first-order valence-electron chi connectivity index (χ1n) is 10.1. The maximum absolute atomic E-state index is 13.3. The Morgan fingerprint density at radius 2 is 2.06 bits per heavy atom. The molecule has 0 saturated carbocycles. The monoisotopic (exact) mass is 438 g/mol. The van der Waals surface area contributed by atoms with Crippen LogP contribution in [0.1, 0.15) is 21.9 Å².